The normalized spacial score (nSPS) is 17.7. The number of amides is 4. The lowest BCUT2D eigenvalue weighted by Gasteiger charge is -2.16. The summed E-state index contributed by atoms with van der Waals surface area (Å²) in [7, 11) is -9.04. The van der Waals surface area contributed by atoms with E-state index < -0.39 is 47.9 Å². The van der Waals surface area contributed by atoms with Gasteiger partial charge in [0.15, 0.2) is 0 Å². The Morgan fingerprint density at radius 3 is 0.897 bits per heavy atom. The Morgan fingerprint density at radius 2 is 0.629 bits per heavy atom. The van der Waals surface area contributed by atoms with Gasteiger partial charge in [-0.05, 0) is 32.1 Å². The summed E-state index contributed by atoms with van der Waals surface area (Å²) in [6, 6.07) is 0. The van der Waals surface area contributed by atoms with Crippen LogP contribution < -0.4 is 0 Å². The number of phosphoric ester groups is 1. The number of aliphatic carboxylic acids is 1. The molecule has 0 aromatic rings. The lowest BCUT2D eigenvalue weighted by molar-refractivity contribution is -0.149. The van der Waals surface area contributed by atoms with E-state index in [1.165, 1.54) is 124 Å². The second kappa shape index (κ2) is 55.9. The minimum Gasteiger partial charge on any atom is -0.481 e. The van der Waals surface area contributed by atoms with Crippen molar-refractivity contribution in [1.29, 1.82) is 0 Å². The van der Waals surface area contributed by atoms with Gasteiger partial charge in [-0.1, -0.05) is 208 Å². The van der Waals surface area contributed by atoms with Crippen LogP contribution in [0.15, 0.2) is 0 Å². The van der Waals surface area contributed by atoms with Crippen molar-refractivity contribution >= 4 is 71.7 Å². The maximum Gasteiger partial charge on any atom is 0.469 e. The van der Waals surface area contributed by atoms with Gasteiger partial charge in [-0.25, -0.2) is 8.75 Å². The molecule has 4 N–H and O–H groups in total. The third-order valence-electron chi connectivity index (χ3n) is 17.3. The third kappa shape index (κ3) is 47.0. The highest BCUT2D eigenvalue weighted by Crippen LogP contribution is 2.35. The number of hydrogen-bond donors (Lipinski definition) is 4. The van der Waals surface area contributed by atoms with Crippen LogP contribution in [0.3, 0.4) is 0 Å². The number of likely N-dealkylation sites (tertiary alicyclic amines) is 4. The molecule has 4 aliphatic heterocycles. The minimum absolute atomic E-state index is 0.00109. The number of ether oxygens (including phenoxy) is 4. The Labute approximate surface area is 579 Å². The summed E-state index contributed by atoms with van der Waals surface area (Å²) in [4.78, 5) is 129. The first kappa shape index (κ1) is 90.2. The van der Waals surface area contributed by atoms with E-state index in [9.17, 15) is 56.1 Å². The Balaban J connectivity index is 0.000000661. The summed E-state index contributed by atoms with van der Waals surface area (Å²) >= 11 is 0. The predicted molar refractivity (Wildman–Crippen MR) is 366 cm³/mol. The van der Waals surface area contributed by atoms with Crippen LogP contribution in [0.25, 0.3) is 0 Å². The molecule has 4 amide bonds. The maximum atomic E-state index is 12.2. The van der Waals surface area contributed by atoms with Gasteiger partial charge < -0.3 is 53.4 Å². The molecule has 4 atom stereocenters. The lowest BCUT2D eigenvalue weighted by Crippen LogP contribution is -2.30. The van der Waals surface area contributed by atoms with Gasteiger partial charge in [0.25, 0.3) is 0 Å². The Bertz CT molecular complexity index is 2380. The molecule has 0 aliphatic carbocycles. The van der Waals surface area contributed by atoms with E-state index in [1.807, 2.05) is 4.90 Å². The second-order valence-corrected chi connectivity index (χ2v) is 28.2. The summed E-state index contributed by atoms with van der Waals surface area (Å²) < 4.78 is 69.1. The molecule has 564 valence electrons. The zero-order chi connectivity index (χ0) is 72.1. The van der Waals surface area contributed by atoms with Crippen LogP contribution in [0, 0.1) is 23.7 Å². The van der Waals surface area contributed by atoms with Crippen molar-refractivity contribution in [3.05, 3.63) is 0 Å². The second-order valence-electron chi connectivity index (χ2n) is 25.9. The summed E-state index contributed by atoms with van der Waals surface area (Å²) in [5, 5.41) is 8.59. The predicted octanol–water partition coefficient (Wildman–Crippen LogP) is 11.5. The van der Waals surface area contributed by atoms with Crippen molar-refractivity contribution in [3.63, 3.8) is 0 Å². The summed E-state index contributed by atoms with van der Waals surface area (Å²) in [5.74, 6) is -4.49. The number of nitrogens with zero attached hydrogens (tertiary/aromatic N) is 4. The van der Waals surface area contributed by atoms with Gasteiger partial charge in [0, 0.05) is 78.0 Å². The van der Waals surface area contributed by atoms with E-state index in [0.717, 1.165) is 103 Å². The van der Waals surface area contributed by atoms with Crippen LogP contribution in [0.4, 0.5) is 0 Å². The average Bonchev–Trinajstić information content (AvgIpc) is 1.84. The summed E-state index contributed by atoms with van der Waals surface area (Å²) in [6.07, 6.45) is 38.8. The van der Waals surface area contributed by atoms with Crippen LogP contribution >= 0.6 is 7.82 Å². The average molecular weight is 1430 g/mol. The highest BCUT2D eigenvalue weighted by molar-refractivity contribution is 7.80. The SMILES string of the molecule is CCCCCCCCCCCCCCCCCCN1CC(C(=O)OCCCCCC)CC1=O.CCCCCCOC(=O)C1CC(=O)N(CCC(=O)O)C1.CCCCCCOC(=O)C1CC(=O)N(CCOP(=O)(O)O)C1.CCCCCCOC(=O)C1CC(=O)N(CCOS(=O)(=O)O)C1. The number of esters is 4. The topological polar surface area (TPSA) is 354 Å². The molecule has 0 aromatic carbocycles. The Kier molecular flexibility index (Phi) is 52.0. The molecule has 26 nitrogen and oxygen atoms in total. The maximum absolute atomic E-state index is 12.2. The fourth-order valence-corrected chi connectivity index (χ4v) is 12.1. The molecule has 0 spiro atoms. The number of carboxylic acid groups (broad SMARTS) is 1. The summed E-state index contributed by atoms with van der Waals surface area (Å²) in [5.41, 5.74) is 0. The first-order chi connectivity index (χ1) is 46.4. The molecule has 4 heterocycles. The first-order valence-corrected chi connectivity index (χ1v) is 39.6. The van der Waals surface area contributed by atoms with Crippen molar-refractivity contribution in [2.45, 2.75) is 272 Å². The number of carbonyl (C=O) groups is 9. The van der Waals surface area contributed by atoms with Crippen LogP contribution in [-0.4, -0.2) is 193 Å². The number of carbonyl (C=O) groups excluding carboxylic acids is 8. The molecular formula is C69H125N4O22PS. The highest BCUT2D eigenvalue weighted by atomic mass is 32.3. The van der Waals surface area contributed by atoms with Gasteiger partial charge in [0.05, 0.1) is 69.7 Å². The van der Waals surface area contributed by atoms with E-state index in [1.54, 1.807) is 0 Å². The third-order valence-corrected chi connectivity index (χ3v) is 18.2. The van der Waals surface area contributed by atoms with Crippen LogP contribution in [-0.2, 0) is 85.8 Å². The minimum atomic E-state index is -4.53. The zero-order valence-electron chi connectivity index (χ0n) is 59.7. The van der Waals surface area contributed by atoms with Gasteiger partial charge in [0.1, 0.15) is 0 Å². The van der Waals surface area contributed by atoms with E-state index in [4.69, 9.17) is 38.4 Å². The van der Waals surface area contributed by atoms with E-state index >= 15 is 0 Å². The van der Waals surface area contributed by atoms with E-state index in [2.05, 4.69) is 43.3 Å². The van der Waals surface area contributed by atoms with Crippen LogP contribution in [0.5, 0.6) is 0 Å². The molecule has 0 bridgehead atoms. The quantitative estimate of drug-likeness (QED) is 0.0144. The van der Waals surface area contributed by atoms with Gasteiger partial charge in [-0.2, -0.15) is 8.42 Å². The van der Waals surface area contributed by atoms with Gasteiger partial charge in [-0.15, -0.1) is 0 Å². The molecule has 4 rings (SSSR count). The van der Waals surface area contributed by atoms with Crippen molar-refractivity contribution in [3.8, 4) is 0 Å². The number of phosphoric acid groups is 1. The molecule has 0 aromatic heterocycles. The Morgan fingerprint density at radius 1 is 0.381 bits per heavy atom. The molecule has 97 heavy (non-hydrogen) atoms. The standard InChI is InChI=1S/C29H55NO3.C14H23NO5.C13H24NO7P.C13H23NO7S/c1-3-5-7-9-10-11-12-13-14-15-16-17-18-19-20-21-23-30-26-27(25-28(30)31)29(32)33-24-22-8-6-4-2;1-2-3-4-5-8-20-14(19)11-9-12(16)15(10-11)7-6-13(17)18;2*1-2-3-4-5-7-20-13(16)11-9-12(15)14(10-11)6-8-21-22(17,18)19/h27H,3-26H2,1-2H3;11H,2-10H2,1H3,(H,17,18);11H,2-10H2,1H3,(H2,17,18,19);11H,2-10H2,1H3,(H,17,18,19). The van der Waals surface area contributed by atoms with Crippen LogP contribution in [0.1, 0.15) is 272 Å². The van der Waals surface area contributed by atoms with Gasteiger partial charge >= 0.3 is 48.1 Å². The van der Waals surface area contributed by atoms with E-state index in [-0.39, 0.29) is 126 Å². The number of rotatable bonds is 52. The molecular weight excluding hydrogens is 1300 g/mol. The fourth-order valence-electron chi connectivity index (χ4n) is 11.5. The van der Waals surface area contributed by atoms with Gasteiger partial charge in [0.2, 0.25) is 23.6 Å². The largest absolute Gasteiger partial charge is 0.481 e. The smallest absolute Gasteiger partial charge is 0.469 e. The molecule has 28 heteroatoms. The summed E-state index contributed by atoms with van der Waals surface area (Å²) in [6.45, 7) is 14.0. The van der Waals surface area contributed by atoms with Crippen LogP contribution in [0.2, 0.25) is 0 Å². The first-order valence-electron chi connectivity index (χ1n) is 36.7. The van der Waals surface area contributed by atoms with Gasteiger partial charge in [-0.3, -0.25) is 52.2 Å². The van der Waals surface area contributed by atoms with Crippen molar-refractivity contribution in [2.24, 2.45) is 23.7 Å². The highest BCUT2D eigenvalue weighted by Gasteiger charge is 2.38. The molecule has 0 saturated carbocycles. The number of unbranched alkanes of at least 4 members (excludes halogenated alkanes) is 27. The lowest BCUT2D eigenvalue weighted by atomic mass is 10.0. The molecule has 0 radical (unpaired) electrons. The Hall–Kier alpha value is -4.79. The van der Waals surface area contributed by atoms with Crippen molar-refractivity contribution in [1.82, 2.24) is 19.6 Å². The molecule has 4 saturated heterocycles. The number of hydrogen-bond acceptors (Lipinski definition) is 18. The zero-order valence-corrected chi connectivity index (χ0v) is 61.4. The fraction of sp³-hybridized carbons (Fsp3) is 0.870. The van der Waals surface area contributed by atoms with E-state index in [0.29, 0.717) is 39.4 Å². The molecule has 4 fully saturated rings. The monoisotopic (exact) mass is 1420 g/mol. The number of carboxylic acids is 1. The molecule has 4 unspecified atom stereocenters. The van der Waals surface area contributed by atoms with Crippen molar-refractivity contribution < 1.29 is 103 Å². The van der Waals surface area contributed by atoms with Crippen molar-refractivity contribution in [2.75, 3.05) is 92.0 Å². The molecule has 4 aliphatic rings.